The fourth-order valence-electron chi connectivity index (χ4n) is 3.61. The van der Waals surface area contributed by atoms with Gasteiger partial charge < -0.3 is 15.0 Å². The first-order valence-corrected chi connectivity index (χ1v) is 8.32. The topological polar surface area (TPSA) is 24.5 Å². The third-order valence-corrected chi connectivity index (χ3v) is 5.26. The zero-order valence-corrected chi connectivity index (χ0v) is 13.4. The zero-order valence-electron chi connectivity index (χ0n) is 12.6. The Balaban J connectivity index is 1.38. The van der Waals surface area contributed by atoms with Gasteiger partial charge in [0, 0.05) is 13.1 Å². The number of fused-ring (bicyclic) bond motifs is 2. The van der Waals surface area contributed by atoms with Crippen molar-refractivity contribution in [2.75, 3.05) is 20.2 Å². The number of nitrogens with zero attached hydrogens (tertiary/aromatic N) is 1. The predicted molar refractivity (Wildman–Crippen MR) is 89.5 cm³/mol. The van der Waals surface area contributed by atoms with E-state index in [4.69, 9.17) is 17.0 Å². The highest BCUT2D eigenvalue weighted by molar-refractivity contribution is 7.80. The van der Waals surface area contributed by atoms with Gasteiger partial charge in [0.15, 0.2) is 5.11 Å². The maximum absolute atomic E-state index is 5.72. The number of hydrogen-bond donors (Lipinski definition) is 1. The van der Waals surface area contributed by atoms with Gasteiger partial charge in [-0.05, 0) is 55.4 Å². The molecule has 3 nitrogen and oxygen atoms in total. The summed E-state index contributed by atoms with van der Waals surface area (Å²) >= 11 is 5.52. The Hall–Kier alpha value is -1.29. The summed E-state index contributed by atoms with van der Waals surface area (Å²) in [4.78, 5) is 2.09. The highest BCUT2D eigenvalue weighted by Gasteiger charge is 2.39. The monoisotopic (exact) mass is 304 g/mol. The van der Waals surface area contributed by atoms with Crippen molar-refractivity contribution in [1.82, 2.24) is 10.2 Å². The van der Waals surface area contributed by atoms with Gasteiger partial charge in [-0.2, -0.15) is 0 Å². The molecule has 21 heavy (non-hydrogen) atoms. The Kier molecular flexibility index (Phi) is 4.63. The van der Waals surface area contributed by atoms with Gasteiger partial charge in [-0.1, -0.05) is 24.6 Å². The van der Waals surface area contributed by atoms with Crippen molar-refractivity contribution in [3.8, 4) is 5.75 Å². The molecule has 0 spiro atoms. The molecule has 0 unspecified atom stereocenters. The lowest BCUT2D eigenvalue weighted by molar-refractivity contribution is 0.280. The fourth-order valence-corrected chi connectivity index (χ4v) is 3.85. The number of rotatable bonds is 5. The number of likely N-dealkylation sites (N-methyl/N-ethyl adjacent to an activating group) is 1. The molecule has 0 radical (unpaired) electrons. The van der Waals surface area contributed by atoms with Crippen LogP contribution in [0.2, 0.25) is 0 Å². The Bertz CT molecular complexity index is 479. The minimum Gasteiger partial charge on any atom is -0.492 e. The van der Waals surface area contributed by atoms with Gasteiger partial charge in [0.2, 0.25) is 0 Å². The lowest BCUT2D eigenvalue weighted by Crippen LogP contribution is -2.46. The van der Waals surface area contributed by atoms with Crippen LogP contribution in [0.4, 0.5) is 0 Å². The molecule has 0 aromatic heterocycles. The molecule has 1 aromatic rings. The van der Waals surface area contributed by atoms with Crippen LogP contribution in [0.5, 0.6) is 5.75 Å². The van der Waals surface area contributed by atoms with E-state index in [-0.39, 0.29) is 0 Å². The van der Waals surface area contributed by atoms with Gasteiger partial charge in [0.1, 0.15) is 12.4 Å². The van der Waals surface area contributed by atoms with E-state index in [1.54, 1.807) is 0 Å². The first-order chi connectivity index (χ1) is 10.2. The van der Waals surface area contributed by atoms with Gasteiger partial charge in [0.25, 0.3) is 0 Å². The minimum atomic E-state index is 0.605. The summed E-state index contributed by atoms with van der Waals surface area (Å²) in [5, 5.41) is 4.43. The molecule has 2 aliphatic rings. The number of benzene rings is 1. The maximum atomic E-state index is 5.72. The van der Waals surface area contributed by atoms with Crippen molar-refractivity contribution in [1.29, 1.82) is 0 Å². The van der Waals surface area contributed by atoms with Crippen LogP contribution in [-0.2, 0) is 0 Å². The molecule has 2 fully saturated rings. The lowest BCUT2D eigenvalue weighted by atomic mass is 9.95. The highest BCUT2D eigenvalue weighted by atomic mass is 32.1. The number of ether oxygens (including phenoxy) is 1. The Morgan fingerprint density at radius 1 is 1.29 bits per heavy atom. The summed E-state index contributed by atoms with van der Waals surface area (Å²) in [5.74, 6) is 2.71. The molecule has 2 saturated carbocycles. The molecule has 2 bridgehead atoms. The molecule has 0 saturated heterocycles. The predicted octanol–water partition coefficient (Wildman–Crippen LogP) is 3.06. The molecule has 0 heterocycles. The van der Waals surface area contributed by atoms with E-state index >= 15 is 0 Å². The van der Waals surface area contributed by atoms with E-state index in [0.717, 1.165) is 29.2 Å². The van der Waals surface area contributed by atoms with Crippen LogP contribution >= 0.6 is 12.2 Å². The standard InChI is InChI=1S/C17H24N2OS/c1-19(9-10-20-15-5-3-2-4-6-15)17(21)18-16-12-13-7-8-14(16)11-13/h2-6,13-14,16H,7-12H2,1H3,(H,18,21)/t13-,14-,16-/m1/s1. The van der Waals surface area contributed by atoms with Gasteiger partial charge in [-0.15, -0.1) is 0 Å². The van der Waals surface area contributed by atoms with Gasteiger partial charge in [-0.3, -0.25) is 0 Å². The smallest absolute Gasteiger partial charge is 0.169 e. The first kappa shape index (κ1) is 14.6. The van der Waals surface area contributed by atoms with E-state index in [2.05, 4.69) is 10.2 Å². The molecule has 4 heteroatoms. The summed E-state index contributed by atoms with van der Waals surface area (Å²) in [6, 6.07) is 10.5. The van der Waals surface area contributed by atoms with Crippen molar-refractivity contribution in [2.45, 2.75) is 31.7 Å². The first-order valence-electron chi connectivity index (χ1n) is 7.92. The van der Waals surface area contributed by atoms with Crippen molar-refractivity contribution in [2.24, 2.45) is 11.8 Å². The van der Waals surface area contributed by atoms with E-state index in [1.807, 2.05) is 37.4 Å². The van der Waals surface area contributed by atoms with Crippen LogP contribution in [0.1, 0.15) is 25.7 Å². The van der Waals surface area contributed by atoms with E-state index in [1.165, 1.54) is 25.7 Å². The van der Waals surface area contributed by atoms with E-state index in [9.17, 15) is 0 Å². The molecule has 0 amide bonds. The fraction of sp³-hybridized carbons (Fsp3) is 0.588. The highest BCUT2D eigenvalue weighted by Crippen LogP contribution is 2.44. The molecule has 3 atom stereocenters. The Morgan fingerprint density at radius 3 is 2.76 bits per heavy atom. The Labute approximate surface area is 132 Å². The summed E-state index contributed by atoms with van der Waals surface area (Å²) < 4.78 is 5.72. The normalized spacial score (nSPS) is 26.6. The number of nitrogens with one attached hydrogen (secondary N) is 1. The van der Waals surface area contributed by atoms with Crippen LogP contribution < -0.4 is 10.1 Å². The van der Waals surface area contributed by atoms with Crippen molar-refractivity contribution >= 4 is 17.3 Å². The molecular weight excluding hydrogens is 280 g/mol. The largest absolute Gasteiger partial charge is 0.492 e. The molecule has 1 N–H and O–H groups in total. The molecule has 2 aliphatic carbocycles. The minimum absolute atomic E-state index is 0.605. The molecular formula is C17H24N2OS. The zero-order chi connectivity index (χ0) is 14.7. The number of thiocarbonyl (C=S) groups is 1. The maximum Gasteiger partial charge on any atom is 0.169 e. The molecule has 3 rings (SSSR count). The molecule has 1 aromatic carbocycles. The summed E-state index contributed by atoms with van der Waals surface area (Å²) in [7, 11) is 2.04. The van der Waals surface area contributed by atoms with Crippen molar-refractivity contribution in [3.05, 3.63) is 30.3 Å². The Morgan fingerprint density at radius 2 is 2.10 bits per heavy atom. The number of para-hydroxylation sites is 1. The molecule has 114 valence electrons. The van der Waals surface area contributed by atoms with Crippen LogP contribution in [0.3, 0.4) is 0 Å². The van der Waals surface area contributed by atoms with E-state index < -0.39 is 0 Å². The second-order valence-electron chi connectivity index (χ2n) is 6.31. The van der Waals surface area contributed by atoms with Gasteiger partial charge in [-0.25, -0.2) is 0 Å². The summed E-state index contributed by atoms with van der Waals surface area (Å²) in [6.07, 6.45) is 5.52. The van der Waals surface area contributed by atoms with Crippen LogP contribution in [-0.4, -0.2) is 36.3 Å². The van der Waals surface area contributed by atoms with Crippen LogP contribution in [0, 0.1) is 11.8 Å². The second-order valence-corrected chi connectivity index (χ2v) is 6.70. The molecule has 0 aliphatic heterocycles. The van der Waals surface area contributed by atoms with Gasteiger partial charge in [0.05, 0.1) is 6.54 Å². The van der Waals surface area contributed by atoms with E-state index in [0.29, 0.717) is 12.6 Å². The third-order valence-electron chi connectivity index (χ3n) is 4.83. The second kappa shape index (κ2) is 6.65. The SMILES string of the molecule is CN(CCOc1ccccc1)C(=S)N[C@@H]1C[C@@H]2CC[C@@H]1C2. The van der Waals surface area contributed by atoms with Crippen molar-refractivity contribution < 1.29 is 4.74 Å². The number of hydrogen-bond acceptors (Lipinski definition) is 2. The van der Waals surface area contributed by atoms with Crippen LogP contribution in [0.25, 0.3) is 0 Å². The summed E-state index contributed by atoms with van der Waals surface area (Å²) in [5.41, 5.74) is 0. The third kappa shape index (κ3) is 3.67. The average molecular weight is 304 g/mol. The quantitative estimate of drug-likeness (QED) is 0.845. The lowest BCUT2D eigenvalue weighted by Gasteiger charge is -2.28. The van der Waals surface area contributed by atoms with Gasteiger partial charge >= 0.3 is 0 Å². The van der Waals surface area contributed by atoms with Crippen molar-refractivity contribution in [3.63, 3.8) is 0 Å². The summed E-state index contributed by atoms with van der Waals surface area (Å²) in [6.45, 7) is 1.46. The van der Waals surface area contributed by atoms with Crippen LogP contribution in [0.15, 0.2) is 30.3 Å². The average Bonchev–Trinajstić information content (AvgIpc) is 3.11.